The third-order valence-electron chi connectivity index (χ3n) is 6.89. The molecular formula is C27H48O10. The zero-order chi connectivity index (χ0) is 28.4. The second-order valence-corrected chi connectivity index (χ2v) is 12.6. The van der Waals surface area contributed by atoms with Crippen LogP contribution in [0.4, 0.5) is 0 Å². The van der Waals surface area contributed by atoms with Gasteiger partial charge in [0.15, 0.2) is 11.2 Å². The van der Waals surface area contributed by atoms with Crippen molar-refractivity contribution in [1.82, 2.24) is 0 Å². The summed E-state index contributed by atoms with van der Waals surface area (Å²) in [5, 5.41) is 11.4. The molecule has 0 bridgehead atoms. The van der Waals surface area contributed by atoms with Crippen molar-refractivity contribution in [3.05, 3.63) is 0 Å². The Labute approximate surface area is 221 Å². The Hall–Kier alpha value is -1.30. The van der Waals surface area contributed by atoms with E-state index in [-0.39, 0.29) is 50.6 Å². The van der Waals surface area contributed by atoms with Crippen LogP contribution in [-0.2, 0) is 42.7 Å². The van der Waals surface area contributed by atoms with Crippen LogP contribution in [0.1, 0.15) is 69.2 Å². The fraction of sp³-hybridized carbons (Fsp3) is 0.926. The highest BCUT2D eigenvalue weighted by molar-refractivity contribution is 5.76. The van der Waals surface area contributed by atoms with Crippen molar-refractivity contribution in [3.63, 3.8) is 0 Å². The number of hydrogen-bond donors (Lipinski definition) is 1. The molecule has 2 aliphatic heterocycles. The number of carbonyl (C=O) groups is 2. The Bertz CT molecular complexity index is 787. The molecule has 8 unspecified atom stereocenters. The molecule has 0 aliphatic carbocycles. The number of carbonyl (C=O) groups excluding carboxylic acids is 2. The second kappa shape index (κ2) is 11.8. The van der Waals surface area contributed by atoms with Crippen molar-refractivity contribution in [3.8, 4) is 0 Å². The number of ether oxygens (including phenoxy) is 7. The predicted molar refractivity (Wildman–Crippen MR) is 135 cm³/mol. The maximum atomic E-state index is 12.6. The van der Waals surface area contributed by atoms with Crippen LogP contribution in [0, 0.1) is 10.8 Å². The number of methoxy groups -OCH3 is 1. The van der Waals surface area contributed by atoms with Crippen LogP contribution in [0.15, 0.2) is 0 Å². The normalized spacial score (nSPS) is 33.9. The van der Waals surface area contributed by atoms with E-state index in [0.717, 1.165) is 0 Å². The maximum Gasteiger partial charge on any atom is 0.311 e. The second-order valence-electron chi connectivity index (χ2n) is 12.6. The monoisotopic (exact) mass is 532 g/mol. The molecule has 2 saturated heterocycles. The first-order chi connectivity index (χ1) is 16.9. The lowest BCUT2D eigenvalue weighted by atomic mass is 9.67. The van der Waals surface area contributed by atoms with Crippen molar-refractivity contribution < 1.29 is 47.9 Å². The minimum Gasteiger partial charge on any atom is -0.460 e. The van der Waals surface area contributed by atoms with Crippen LogP contribution in [0.5, 0.6) is 0 Å². The smallest absolute Gasteiger partial charge is 0.311 e. The summed E-state index contributed by atoms with van der Waals surface area (Å²) in [6.07, 6.45) is -3.70. The Morgan fingerprint density at radius 1 is 1.03 bits per heavy atom. The van der Waals surface area contributed by atoms with Gasteiger partial charge in [-0.3, -0.25) is 9.59 Å². The predicted octanol–water partition coefficient (Wildman–Crippen LogP) is 2.67. The molecule has 10 nitrogen and oxygen atoms in total. The first kappa shape index (κ1) is 31.9. The standard InChI is InChI=1S/C27H48O10/c1-16(33-13-17(2)35-22(29)24(4,5)6)12-32-14-19-20(31-11)21(28)27(18(3)36-19)26(10,15-34-27)37-23(30)25(7,8)9/h16-21,28H,12-15H2,1-11H3. The van der Waals surface area contributed by atoms with Gasteiger partial charge in [0.1, 0.15) is 24.4 Å². The quantitative estimate of drug-likeness (QED) is 0.421. The first-order valence-electron chi connectivity index (χ1n) is 13.0. The lowest BCUT2D eigenvalue weighted by Gasteiger charge is -2.63. The van der Waals surface area contributed by atoms with Crippen molar-refractivity contribution in [1.29, 1.82) is 0 Å². The Kier molecular flexibility index (Phi) is 10.2. The Morgan fingerprint density at radius 3 is 2.11 bits per heavy atom. The first-order valence-corrected chi connectivity index (χ1v) is 13.0. The van der Waals surface area contributed by atoms with Crippen LogP contribution in [0.3, 0.4) is 0 Å². The van der Waals surface area contributed by atoms with E-state index in [1.807, 2.05) is 6.92 Å². The van der Waals surface area contributed by atoms with E-state index < -0.39 is 46.4 Å². The molecule has 2 fully saturated rings. The van der Waals surface area contributed by atoms with E-state index >= 15 is 0 Å². The molecule has 216 valence electrons. The van der Waals surface area contributed by atoms with E-state index in [4.69, 9.17) is 33.2 Å². The summed E-state index contributed by atoms with van der Waals surface area (Å²) in [5.74, 6) is -0.661. The van der Waals surface area contributed by atoms with Crippen LogP contribution in [0.2, 0.25) is 0 Å². The van der Waals surface area contributed by atoms with Gasteiger partial charge in [0.2, 0.25) is 0 Å². The van der Waals surface area contributed by atoms with Crippen molar-refractivity contribution in [2.75, 3.05) is 33.5 Å². The maximum absolute atomic E-state index is 12.6. The number of rotatable bonds is 10. The molecule has 37 heavy (non-hydrogen) atoms. The molecule has 0 aromatic heterocycles. The molecule has 2 aliphatic rings. The SMILES string of the molecule is COC1C(COCC(C)OCC(C)OC(=O)C(C)(C)C)OC(C)C2(OCC2(C)OC(=O)C(C)(C)C)C1O. The molecule has 0 saturated carbocycles. The molecule has 10 heteroatoms. The van der Waals surface area contributed by atoms with Crippen LogP contribution < -0.4 is 0 Å². The van der Waals surface area contributed by atoms with Crippen molar-refractivity contribution >= 4 is 11.9 Å². The van der Waals surface area contributed by atoms with Crippen LogP contribution in [0.25, 0.3) is 0 Å². The summed E-state index contributed by atoms with van der Waals surface area (Å²) in [5.41, 5.74) is -3.61. The molecule has 1 spiro atoms. The third kappa shape index (κ3) is 7.02. The highest BCUT2D eigenvalue weighted by Crippen LogP contribution is 2.51. The van der Waals surface area contributed by atoms with E-state index in [2.05, 4.69) is 0 Å². The summed E-state index contributed by atoms with van der Waals surface area (Å²) in [4.78, 5) is 24.6. The number of hydrogen-bond acceptors (Lipinski definition) is 10. The van der Waals surface area contributed by atoms with Gasteiger partial charge in [0.25, 0.3) is 0 Å². The van der Waals surface area contributed by atoms with Crippen molar-refractivity contribution in [2.45, 2.75) is 117 Å². The summed E-state index contributed by atoms with van der Waals surface area (Å²) in [7, 11) is 1.48. The lowest BCUT2D eigenvalue weighted by Crippen LogP contribution is -2.83. The average molecular weight is 533 g/mol. The van der Waals surface area contributed by atoms with E-state index in [9.17, 15) is 14.7 Å². The van der Waals surface area contributed by atoms with Gasteiger partial charge < -0.3 is 38.3 Å². The number of aliphatic hydroxyl groups is 1. The van der Waals surface area contributed by atoms with Gasteiger partial charge in [-0.15, -0.1) is 0 Å². The summed E-state index contributed by atoms with van der Waals surface area (Å²) in [6, 6.07) is 0. The molecule has 8 atom stereocenters. The molecule has 0 aromatic carbocycles. The van der Waals surface area contributed by atoms with Gasteiger partial charge in [0, 0.05) is 7.11 Å². The van der Waals surface area contributed by atoms with Gasteiger partial charge in [-0.2, -0.15) is 0 Å². The zero-order valence-corrected chi connectivity index (χ0v) is 24.4. The van der Waals surface area contributed by atoms with Crippen LogP contribution >= 0.6 is 0 Å². The summed E-state index contributed by atoms with van der Waals surface area (Å²) >= 11 is 0. The fourth-order valence-corrected chi connectivity index (χ4v) is 4.49. The van der Waals surface area contributed by atoms with Crippen LogP contribution in [-0.4, -0.2) is 98.4 Å². The Morgan fingerprint density at radius 2 is 1.62 bits per heavy atom. The minimum atomic E-state index is -1.26. The fourth-order valence-electron chi connectivity index (χ4n) is 4.49. The zero-order valence-electron chi connectivity index (χ0n) is 24.4. The van der Waals surface area contributed by atoms with E-state index in [1.165, 1.54) is 7.11 Å². The van der Waals surface area contributed by atoms with Gasteiger partial charge in [-0.25, -0.2) is 0 Å². The molecule has 2 rings (SSSR count). The van der Waals surface area contributed by atoms with E-state index in [1.54, 1.807) is 62.3 Å². The number of esters is 2. The number of aliphatic hydroxyl groups excluding tert-OH is 1. The molecule has 1 N–H and O–H groups in total. The van der Waals surface area contributed by atoms with Gasteiger partial charge in [0.05, 0.1) is 49.5 Å². The average Bonchev–Trinajstić information content (AvgIpc) is 2.75. The highest BCUT2D eigenvalue weighted by Gasteiger charge is 2.72. The highest BCUT2D eigenvalue weighted by atomic mass is 16.7. The van der Waals surface area contributed by atoms with Gasteiger partial charge >= 0.3 is 11.9 Å². The van der Waals surface area contributed by atoms with E-state index in [0.29, 0.717) is 0 Å². The third-order valence-corrected chi connectivity index (χ3v) is 6.89. The lowest BCUT2D eigenvalue weighted by molar-refractivity contribution is -0.401. The molecule has 0 aromatic rings. The summed E-state index contributed by atoms with van der Waals surface area (Å²) < 4.78 is 40.6. The van der Waals surface area contributed by atoms with Gasteiger partial charge in [-0.1, -0.05) is 0 Å². The van der Waals surface area contributed by atoms with Gasteiger partial charge in [-0.05, 0) is 69.2 Å². The molecule has 2 heterocycles. The Balaban J connectivity index is 1.91. The molecule has 0 radical (unpaired) electrons. The van der Waals surface area contributed by atoms with Crippen molar-refractivity contribution in [2.24, 2.45) is 10.8 Å². The minimum absolute atomic E-state index is 0.148. The molecule has 0 amide bonds. The largest absolute Gasteiger partial charge is 0.460 e. The summed E-state index contributed by atoms with van der Waals surface area (Å²) in [6.45, 7) is 18.7. The topological polar surface area (TPSA) is 119 Å². The molecular weight excluding hydrogens is 484 g/mol.